The molecule has 1 N–H and O–H groups in total. The van der Waals surface area contributed by atoms with Gasteiger partial charge in [-0.2, -0.15) is 0 Å². The van der Waals surface area contributed by atoms with E-state index in [0.717, 1.165) is 22.6 Å². The molecule has 0 bridgehead atoms. The molecule has 0 fully saturated rings. The molecule has 0 saturated carbocycles. The predicted octanol–water partition coefficient (Wildman–Crippen LogP) is 3.31. The highest BCUT2D eigenvalue weighted by molar-refractivity contribution is 7.20. The summed E-state index contributed by atoms with van der Waals surface area (Å²) in [6.07, 6.45) is -0.166. The Balaban J connectivity index is 1.76. The second kappa shape index (κ2) is 8.78. The number of aromatic nitrogens is 3. The SMILES string of the molecule is CCOC(=O)c1sc2nc([C@@H](C)OC(=O)CCc3c(C)noc3C)[nH]c(=O)c2c1C. The van der Waals surface area contributed by atoms with E-state index in [4.69, 9.17) is 14.0 Å². The van der Waals surface area contributed by atoms with Crippen LogP contribution in [0.3, 0.4) is 0 Å². The van der Waals surface area contributed by atoms with Gasteiger partial charge in [-0.3, -0.25) is 9.59 Å². The number of thiophene rings is 1. The Morgan fingerprint density at radius 2 is 2.00 bits per heavy atom. The topological polar surface area (TPSA) is 124 Å². The van der Waals surface area contributed by atoms with Crippen LogP contribution in [0.15, 0.2) is 9.32 Å². The third-order valence-electron chi connectivity index (χ3n) is 4.73. The number of carbonyl (C=O) groups excluding carboxylic acids is 2. The summed E-state index contributed by atoms with van der Waals surface area (Å²) in [6.45, 7) is 8.87. The zero-order chi connectivity index (χ0) is 22.0. The molecule has 0 aromatic carbocycles. The molecule has 10 heteroatoms. The fourth-order valence-electron chi connectivity index (χ4n) is 3.14. The quantitative estimate of drug-likeness (QED) is 0.563. The first kappa shape index (κ1) is 21.7. The minimum atomic E-state index is -0.757. The fourth-order valence-corrected chi connectivity index (χ4v) is 4.22. The van der Waals surface area contributed by atoms with Crippen LogP contribution in [0, 0.1) is 20.8 Å². The highest BCUT2D eigenvalue weighted by Gasteiger charge is 2.22. The van der Waals surface area contributed by atoms with E-state index in [0.29, 0.717) is 32.8 Å². The summed E-state index contributed by atoms with van der Waals surface area (Å²) in [6, 6.07) is 0. The van der Waals surface area contributed by atoms with Crippen LogP contribution in [0.2, 0.25) is 0 Å². The summed E-state index contributed by atoms with van der Waals surface area (Å²) in [4.78, 5) is 44.7. The van der Waals surface area contributed by atoms with Crippen LogP contribution < -0.4 is 5.56 Å². The Morgan fingerprint density at radius 3 is 2.63 bits per heavy atom. The van der Waals surface area contributed by atoms with Crippen LogP contribution in [0.5, 0.6) is 0 Å². The highest BCUT2D eigenvalue weighted by atomic mass is 32.1. The van der Waals surface area contributed by atoms with Gasteiger partial charge in [-0.25, -0.2) is 9.78 Å². The summed E-state index contributed by atoms with van der Waals surface area (Å²) >= 11 is 1.08. The van der Waals surface area contributed by atoms with E-state index in [1.54, 1.807) is 27.7 Å². The molecule has 160 valence electrons. The molecule has 0 aliphatic rings. The van der Waals surface area contributed by atoms with E-state index < -0.39 is 23.6 Å². The van der Waals surface area contributed by atoms with Gasteiger partial charge in [0.05, 0.1) is 17.7 Å². The van der Waals surface area contributed by atoms with Crippen molar-refractivity contribution in [1.82, 2.24) is 15.1 Å². The van der Waals surface area contributed by atoms with Gasteiger partial charge in [-0.05, 0) is 46.6 Å². The predicted molar refractivity (Wildman–Crippen MR) is 110 cm³/mol. The summed E-state index contributed by atoms with van der Waals surface area (Å²) in [5.41, 5.74) is 1.76. The fraction of sp³-hybridized carbons (Fsp3) is 0.450. The second-order valence-corrected chi connectivity index (χ2v) is 7.84. The Hall–Kier alpha value is -3.01. The standard InChI is InChI=1S/C20H23N3O6S/c1-6-27-20(26)16-9(2)15-18(25)21-17(22-19(15)30-16)12(5)28-14(24)8-7-13-10(3)23-29-11(13)4/h12H,6-8H2,1-5H3,(H,21,22,25)/t12-/m1/s1. The minimum absolute atomic E-state index is 0.144. The number of nitrogens with one attached hydrogen (secondary N) is 1. The number of hydrogen-bond donors (Lipinski definition) is 1. The lowest BCUT2D eigenvalue weighted by molar-refractivity contribution is -0.148. The number of fused-ring (bicyclic) bond motifs is 1. The molecule has 0 unspecified atom stereocenters. The van der Waals surface area contributed by atoms with E-state index in [1.165, 1.54) is 0 Å². The van der Waals surface area contributed by atoms with E-state index >= 15 is 0 Å². The second-order valence-electron chi connectivity index (χ2n) is 6.84. The molecular formula is C20H23N3O6S. The van der Waals surface area contributed by atoms with Crippen LogP contribution in [0.4, 0.5) is 0 Å². The van der Waals surface area contributed by atoms with E-state index in [1.807, 2.05) is 6.92 Å². The molecule has 0 aliphatic heterocycles. The lowest BCUT2D eigenvalue weighted by Gasteiger charge is -2.12. The largest absolute Gasteiger partial charge is 0.462 e. The minimum Gasteiger partial charge on any atom is -0.462 e. The normalized spacial score (nSPS) is 12.2. The number of H-pyrrole nitrogens is 1. The average Bonchev–Trinajstić information content (AvgIpc) is 3.19. The molecule has 0 saturated heterocycles. The van der Waals surface area contributed by atoms with Gasteiger partial charge in [0.1, 0.15) is 15.5 Å². The first-order valence-electron chi connectivity index (χ1n) is 9.54. The molecule has 0 aliphatic carbocycles. The molecule has 0 amide bonds. The molecule has 3 aromatic heterocycles. The zero-order valence-corrected chi connectivity index (χ0v) is 18.3. The summed E-state index contributed by atoms with van der Waals surface area (Å²) < 4.78 is 15.6. The van der Waals surface area contributed by atoms with Crippen molar-refractivity contribution in [3.63, 3.8) is 0 Å². The van der Waals surface area contributed by atoms with Crippen molar-refractivity contribution < 1.29 is 23.6 Å². The van der Waals surface area contributed by atoms with Gasteiger partial charge in [0.2, 0.25) is 0 Å². The molecule has 0 radical (unpaired) electrons. The molecule has 30 heavy (non-hydrogen) atoms. The zero-order valence-electron chi connectivity index (χ0n) is 17.5. The molecule has 3 heterocycles. The molecule has 3 rings (SSSR count). The van der Waals surface area contributed by atoms with Gasteiger partial charge in [0.15, 0.2) is 11.9 Å². The Labute approximate surface area is 176 Å². The van der Waals surface area contributed by atoms with Crippen LogP contribution in [0.25, 0.3) is 10.2 Å². The average molecular weight is 433 g/mol. The number of hydrogen-bond acceptors (Lipinski definition) is 9. The van der Waals surface area contributed by atoms with E-state index in [2.05, 4.69) is 15.1 Å². The molecular weight excluding hydrogens is 410 g/mol. The van der Waals surface area contributed by atoms with Gasteiger partial charge >= 0.3 is 11.9 Å². The maximum atomic E-state index is 12.6. The van der Waals surface area contributed by atoms with Crippen molar-refractivity contribution in [3.05, 3.63) is 43.6 Å². The maximum Gasteiger partial charge on any atom is 0.348 e. The Bertz CT molecular complexity index is 1140. The van der Waals surface area contributed by atoms with E-state index in [9.17, 15) is 14.4 Å². The van der Waals surface area contributed by atoms with Gasteiger partial charge in [-0.1, -0.05) is 5.16 Å². The number of carbonyl (C=O) groups is 2. The van der Waals surface area contributed by atoms with Gasteiger partial charge in [-0.15, -0.1) is 11.3 Å². The molecule has 0 spiro atoms. The number of nitrogens with zero attached hydrogens (tertiary/aromatic N) is 2. The Morgan fingerprint density at radius 1 is 1.27 bits per heavy atom. The number of ether oxygens (including phenoxy) is 2. The molecule has 9 nitrogen and oxygen atoms in total. The van der Waals surface area contributed by atoms with Crippen LogP contribution in [-0.4, -0.2) is 33.7 Å². The number of aryl methyl sites for hydroxylation is 3. The third-order valence-corrected chi connectivity index (χ3v) is 5.90. The molecule has 3 aromatic rings. The van der Waals surface area contributed by atoms with E-state index in [-0.39, 0.29) is 18.9 Å². The van der Waals surface area contributed by atoms with Crippen molar-refractivity contribution in [1.29, 1.82) is 0 Å². The van der Waals surface area contributed by atoms with Crippen molar-refractivity contribution in [3.8, 4) is 0 Å². The van der Waals surface area contributed by atoms with Gasteiger partial charge in [0.25, 0.3) is 5.56 Å². The van der Waals surface area contributed by atoms with Crippen molar-refractivity contribution in [2.24, 2.45) is 0 Å². The highest BCUT2D eigenvalue weighted by Crippen LogP contribution is 2.28. The smallest absolute Gasteiger partial charge is 0.348 e. The summed E-state index contributed by atoms with van der Waals surface area (Å²) in [7, 11) is 0. The lowest BCUT2D eigenvalue weighted by Crippen LogP contribution is -2.17. The first-order valence-corrected chi connectivity index (χ1v) is 10.4. The number of esters is 2. The van der Waals surface area contributed by atoms with Crippen LogP contribution in [-0.2, 0) is 20.7 Å². The third kappa shape index (κ3) is 4.28. The van der Waals surface area contributed by atoms with Crippen molar-refractivity contribution in [2.75, 3.05) is 6.61 Å². The summed E-state index contributed by atoms with van der Waals surface area (Å²) in [5.74, 6) is -0.0253. The molecule has 1 atom stereocenters. The van der Waals surface area contributed by atoms with Gasteiger partial charge < -0.3 is 19.0 Å². The maximum absolute atomic E-state index is 12.6. The number of rotatable bonds is 7. The number of aromatic amines is 1. The van der Waals surface area contributed by atoms with Crippen LogP contribution in [0.1, 0.15) is 64.4 Å². The monoisotopic (exact) mass is 433 g/mol. The summed E-state index contributed by atoms with van der Waals surface area (Å²) in [5, 5.41) is 4.20. The first-order chi connectivity index (χ1) is 14.2. The lowest BCUT2D eigenvalue weighted by atomic mass is 10.1. The van der Waals surface area contributed by atoms with Crippen molar-refractivity contribution in [2.45, 2.75) is 53.6 Å². The van der Waals surface area contributed by atoms with Gasteiger partial charge in [0, 0.05) is 12.0 Å². The van der Waals surface area contributed by atoms with Crippen molar-refractivity contribution >= 4 is 33.5 Å². The van der Waals surface area contributed by atoms with Crippen LogP contribution >= 0.6 is 11.3 Å². The Kier molecular flexibility index (Phi) is 6.35.